The Morgan fingerprint density at radius 1 is 1.07 bits per heavy atom. The number of carbonyl (C=O) groups excluding carboxylic acids is 1. The van der Waals surface area contributed by atoms with Gasteiger partial charge in [0.2, 0.25) is 11.8 Å². The quantitative estimate of drug-likeness (QED) is 0.269. The van der Waals surface area contributed by atoms with E-state index in [0.29, 0.717) is 12.1 Å². The molecule has 1 aliphatic rings. The SMILES string of the molecule is Cc1cccc(C)c1-c1cc2nc(n1)NS(=O)(=O)c1cccc(c1)C(=O)N(Cc1ncc(Cl)cc1F)[C@H](CC(C)(C)C)CO2. The highest BCUT2D eigenvalue weighted by Gasteiger charge is 2.32. The minimum atomic E-state index is -4.22. The van der Waals surface area contributed by atoms with Crippen molar-refractivity contribution in [3.8, 4) is 17.1 Å². The van der Waals surface area contributed by atoms with Gasteiger partial charge < -0.3 is 9.64 Å². The molecule has 1 atom stereocenters. The molecular weight excluding hydrogens is 605 g/mol. The van der Waals surface area contributed by atoms with Gasteiger partial charge in [-0.1, -0.05) is 56.6 Å². The Kier molecular flexibility index (Phi) is 8.64. The molecule has 0 spiro atoms. The predicted molar refractivity (Wildman–Crippen MR) is 167 cm³/mol. The number of anilines is 1. The van der Waals surface area contributed by atoms with Gasteiger partial charge in [-0.3, -0.25) is 9.78 Å². The molecule has 0 aliphatic carbocycles. The number of rotatable bonds is 4. The van der Waals surface area contributed by atoms with Gasteiger partial charge in [-0.15, -0.1) is 0 Å². The van der Waals surface area contributed by atoms with E-state index in [1.54, 1.807) is 6.07 Å². The highest BCUT2D eigenvalue weighted by molar-refractivity contribution is 7.92. The summed E-state index contributed by atoms with van der Waals surface area (Å²) >= 11 is 5.94. The van der Waals surface area contributed by atoms with Crippen molar-refractivity contribution in [3.05, 3.63) is 94.0 Å². The summed E-state index contributed by atoms with van der Waals surface area (Å²) in [5.41, 5.74) is 3.00. The second-order valence-electron chi connectivity index (χ2n) is 12.1. The molecule has 5 rings (SSSR count). The number of amides is 1. The Labute approximate surface area is 261 Å². The van der Waals surface area contributed by atoms with Crippen molar-refractivity contribution < 1.29 is 22.3 Å². The Morgan fingerprint density at radius 3 is 2.45 bits per heavy atom. The molecule has 0 fully saturated rings. The van der Waals surface area contributed by atoms with Gasteiger partial charge >= 0.3 is 0 Å². The van der Waals surface area contributed by atoms with Gasteiger partial charge in [-0.05, 0) is 61.1 Å². The van der Waals surface area contributed by atoms with Gasteiger partial charge in [0, 0.05) is 23.4 Å². The Hall–Kier alpha value is -4.09. The molecule has 4 aromatic rings. The van der Waals surface area contributed by atoms with Crippen LogP contribution in [0, 0.1) is 25.1 Å². The van der Waals surface area contributed by atoms with E-state index in [4.69, 9.17) is 16.3 Å². The summed E-state index contributed by atoms with van der Waals surface area (Å²) in [6.07, 6.45) is 1.78. The minimum Gasteiger partial charge on any atom is -0.475 e. The molecule has 3 heterocycles. The van der Waals surface area contributed by atoms with E-state index in [1.165, 1.54) is 35.4 Å². The number of benzene rings is 2. The van der Waals surface area contributed by atoms with Crippen LogP contribution in [0.5, 0.6) is 5.88 Å². The van der Waals surface area contributed by atoms with Gasteiger partial charge in [0.15, 0.2) is 0 Å². The van der Waals surface area contributed by atoms with Crippen molar-refractivity contribution in [1.82, 2.24) is 19.9 Å². The highest BCUT2D eigenvalue weighted by Crippen LogP contribution is 2.32. The summed E-state index contributed by atoms with van der Waals surface area (Å²) in [5.74, 6) is -1.23. The standard InChI is InChI=1S/C32H33ClFN5O4S/c1-19-8-6-9-20(2)29(19)26-14-28-37-31(36-26)38-44(41,42)24-11-7-10-21(12-24)30(40)39(23(18-43-28)15-32(3,4)5)17-27-25(34)13-22(33)16-35-27/h6-14,16,23H,15,17-18H2,1-5H3,(H,36,37,38)/t23-/m1/s1. The normalized spacial score (nSPS) is 16.7. The topological polar surface area (TPSA) is 114 Å². The zero-order valence-electron chi connectivity index (χ0n) is 25.1. The lowest BCUT2D eigenvalue weighted by Gasteiger charge is -2.35. The number of ether oxygens (including phenoxy) is 1. The highest BCUT2D eigenvalue weighted by atomic mass is 35.5. The van der Waals surface area contributed by atoms with Crippen molar-refractivity contribution in [3.63, 3.8) is 0 Å². The molecule has 1 N–H and O–H groups in total. The Bertz CT molecular complexity index is 1820. The molecule has 12 heteroatoms. The third-order valence-electron chi connectivity index (χ3n) is 7.23. The first-order valence-electron chi connectivity index (χ1n) is 14.0. The van der Waals surface area contributed by atoms with Gasteiger partial charge in [-0.2, -0.15) is 4.98 Å². The van der Waals surface area contributed by atoms with E-state index in [1.807, 2.05) is 52.8 Å². The smallest absolute Gasteiger partial charge is 0.264 e. The first kappa shape index (κ1) is 31.3. The molecule has 0 unspecified atom stereocenters. The summed E-state index contributed by atoms with van der Waals surface area (Å²) in [6.45, 7) is 9.73. The van der Waals surface area contributed by atoms with Crippen molar-refractivity contribution >= 4 is 33.5 Å². The zero-order chi connectivity index (χ0) is 31.8. The number of aromatic nitrogens is 3. The number of halogens is 2. The van der Waals surface area contributed by atoms with E-state index in [-0.39, 0.29) is 51.6 Å². The largest absolute Gasteiger partial charge is 0.475 e. The third kappa shape index (κ3) is 7.00. The van der Waals surface area contributed by atoms with E-state index in [0.717, 1.165) is 22.8 Å². The summed E-state index contributed by atoms with van der Waals surface area (Å²) in [7, 11) is -4.22. The number of hydrogen-bond acceptors (Lipinski definition) is 7. The number of pyridine rings is 1. The van der Waals surface area contributed by atoms with Crippen molar-refractivity contribution in [2.45, 2.75) is 58.5 Å². The zero-order valence-corrected chi connectivity index (χ0v) is 26.6. The minimum absolute atomic E-state index is 0.0121. The third-order valence-corrected chi connectivity index (χ3v) is 8.77. The number of hydrogen-bond donors (Lipinski definition) is 1. The van der Waals surface area contributed by atoms with Gasteiger partial charge in [0.05, 0.1) is 33.9 Å². The molecule has 0 saturated heterocycles. The van der Waals surface area contributed by atoms with Crippen LogP contribution >= 0.6 is 11.6 Å². The number of fused-ring (bicyclic) bond motifs is 4. The molecule has 9 nitrogen and oxygen atoms in total. The number of nitrogens with one attached hydrogen (secondary N) is 1. The van der Waals surface area contributed by atoms with Crippen LogP contribution < -0.4 is 9.46 Å². The van der Waals surface area contributed by atoms with E-state index < -0.39 is 27.8 Å². The van der Waals surface area contributed by atoms with Crippen LogP contribution in [0.1, 0.15) is 54.4 Å². The van der Waals surface area contributed by atoms with Gasteiger partial charge in [-0.25, -0.2) is 22.5 Å². The first-order valence-corrected chi connectivity index (χ1v) is 15.9. The lowest BCUT2D eigenvalue weighted by Crippen LogP contribution is -2.45. The van der Waals surface area contributed by atoms with Crippen LogP contribution in [0.4, 0.5) is 10.3 Å². The number of carbonyl (C=O) groups is 1. The molecule has 230 valence electrons. The fraction of sp³-hybridized carbons (Fsp3) is 0.312. The van der Waals surface area contributed by atoms with Crippen LogP contribution in [0.25, 0.3) is 11.3 Å². The maximum Gasteiger partial charge on any atom is 0.264 e. The first-order chi connectivity index (χ1) is 20.7. The van der Waals surface area contributed by atoms with Crippen LogP contribution in [-0.4, -0.2) is 46.8 Å². The average Bonchev–Trinajstić information content (AvgIpc) is 2.93. The van der Waals surface area contributed by atoms with Crippen molar-refractivity contribution in [1.29, 1.82) is 0 Å². The second kappa shape index (κ2) is 12.1. The molecule has 1 amide bonds. The maximum atomic E-state index is 15.0. The molecular formula is C32H33ClFN5O4S. The maximum absolute atomic E-state index is 15.0. The molecule has 44 heavy (non-hydrogen) atoms. The van der Waals surface area contributed by atoms with E-state index in [2.05, 4.69) is 19.7 Å². The summed E-state index contributed by atoms with van der Waals surface area (Å²) in [6, 6.07) is 13.7. The Morgan fingerprint density at radius 2 is 1.77 bits per heavy atom. The predicted octanol–water partition coefficient (Wildman–Crippen LogP) is 6.59. The Balaban J connectivity index is 1.69. The number of sulfonamides is 1. The average molecular weight is 638 g/mol. The lowest BCUT2D eigenvalue weighted by atomic mass is 9.87. The van der Waals surface area contributed by atoms with Gasteiger partial charge in [0.1, 0.15) is 12.4 Å². The number of aryl methyl sites for hydroxylation is 2. The molecule has 2 aromatic heterocycles. The molecule has 1 aliphatic heterocycles. The summed E-state index contributed by atoms with van der Waals surface area (Å²) in [5, 5.41) is 0.127. The molecule has 2 aromatic carbocycles. The number of nitrogens with zero attached hydrogens (tertiary/aromatic N) is 4. The summed E-state index contributed by atoms with van der Waals surface area (Å²) < 4.78 is 50.8. The van der Waals surface area contributed by atoms with Crippen LogP contribution in [0.2, 0.25) is 5.02 Å². The van der Waals surface area contributed by atoms with E-state index >= 15 is 4.39 Å². The van der Waals surface area contributed by atoms with Crippen molar-refractivity contribution in [2.75, 3.05) is 11.3 Å². The fourth-order valence-corrected chi connectivity index (χ4v) is 6.40. The fourth-order valence-electron chi connectivity index (χ4n) is 5.27. The van der Waals surface area contributed by atoms with Gasteiger partial charge in [0.25, 0.3) is 15.9 Å². The summed E-state index contributed by atoms with van der Waals surface area (Å²) in [4.78, 5) is 28.5. The lowest BCUT2D eigenvalue weighted by molar-refractivity contribution is 0.0506. The molecule has 0 radical (unpaired) electrons. The van der Waals surface area contributed by atoms with Crippen LogP contribution in [-0.2, 0) is 16.6 Å². The molecule has 0 saturated carbocycles. The van der Waals surface area contributed by atoms with Crippen LogP contribution in [0.15, 0.2) is 65.7 Å². The van der Waals surface area contributed by atoms with Crippen molar-refractivity contribution in [2.24, 2.45) is 5.41 Å². The van der Waals surface area contributed by atoms with Crippen LogP contribution in [0.3, 0.4) is 0 Å². The molecule has 4 bridgehead atoms. The second-order valence-corrected chi connectivity index (χ2v) is 14.2. The van der Waals surface area contributed by atoms with E-state index in [9.17, 15) is 13.2 Å². The monoisotopic (exact) mass is 637 g/mol.